The molecule has 1 atom stereocenters. The number of benzene rings is 1. The van der Waals surface area contributed by atoms with Gasteiger partial charge in [-0.3, -0.25) is 4.79 Å². The summed E-state index contributed by atoms with van der Waals surface area (Å²) in [4.78, 5) is 13.5. The summed E-state index contributed by atoms with van der Waals surface area (Å²) in [7, 11) is 3.34. The van der Waals surface area contributed by atoms with E-state index < -0.39 is 0 Å². The van der Waals surface area contributed by atoms with Crippen LogP contribution in [0.2, 0.25) is 0 Å². The Kier molecular flexibility index (Phi) is 4.96. The number of nitrogens with one attached hydrogen (secondary N) is 2. The van der Waals surface area contributed by atoms with Crippen LogP contribution < -0.4 is 10.5 Å². The average Bonchev–Trinajstić information content (AvgIpc) is 2.91. The Morgan fingerprint density at radius 2 is 1.95 bits per heavy atom. The third-order valence-corrected chi connectivity index (χ3v) is 3.11. The number of hydrogen-bond acceptors (Lipinski definition) is 4. The van der Waals surface area contributed by atoms with Crippen molar-refractivity contribution >= 4 is 13.1 Å². The van der Waals surface area contributed by atoms with Gasteiger partial charge in [-0.15, -0.1) is 0 Å². The lowest BCUT2D eigenvalue weighted by Crippen LogP contribution is -2.42. The largest absolute Gasteiger partial charge is 0.473 e. The molecule has 1 amide bonds. The van der Waals surface area contributed by atoms with Gasteiger partial charge in [0.05, 0.1) is 12.5 Å². The Bertz CT molecular complexity index is 408. The first kappa shape index (κ1) is 14.1. The van der Waals surface area contributed by atoms with E-state index in [-0.39, 0.29) is 19.2 Å². The molecule has 0 spiro atoms. The van der Waals surface area contributed by atoms with Crippen LogP contribution in [0.15, 0.2) is 30.3 Å². The summed E-state index contributed by atoms with van der Waals surface area (Å²) < 4.78 is 5.95. The van der Waals surface area contributed by atoms with Gasteiger partial charge in [0.1, 0.15) is 0 Å². The van der Waals surface area contributed by atoms with Crippen molar-refractivity contribution in [2.24, 2.45) is 0 Å². The molecule has 19 heavy (non-hydrogen) atoms. The summed E-state index contributed by atoms with van der Waals surface area (Å²) in [5.74, 6) is 0.0619. The zero-order valence-electron chi connectivity index (χ0n) is 11.4. The van der Waals surface area contributed by atoms with Gasteiger partial charge in [0.25, 0.3) is 0 Å². The van der Waals surface area contributed by atoms with Crippen LogP contribution in [0.4, 0.5) is 0 Å². The number of amides is 1. The smallest absolute Gasteiger partial charge is 0.401 e. The third kappa shape index (κ3) is 4.06. The van der Waals surface area contributed by atoms with E-state index in [1.165, 1.54) is 0 Å². The summed E-state index contributed by atoms with van der Waals surface area (Å²) in [5, 5.41) is 6.40. The molecule has 2 rings (SSSR count). The molecule has 6 heteroatoms. The van der Waals surface area contributed by atoms with E-state index >= 15 is 0 Å². The van der Waals surface area contributed by atoms with E-state index in [4.69, 9.17) is 4.65 Å². The van der Waals surface area contributed by atoms with Crippen molar-refractivity contribution in [3.63, 3.8) is 0 Å². The Labute approximate surface area is 114 Å². The van der Waals surface area contributed by atoms with Gasteiger partial charge in [-0.1, -0.05) is 30.3 Å². The lowest BCUT2D eigenvalue weighted by molar-refractivity contribution is -0.130. The van der Waals surface area contributed by atoms with Gasteiger partial charge in [-0.25, -0.2) is 0 Å². The van der Waals surface area contributed by atoms with Crippen LogP contribution in [0.1, 0.15) is 18.1 Å². The highest BCUT2D eigenvalue weighted by Gasteiger charge is 2.27. The molecule has 1 aromatic rings. The Balaban J connectivity index is 2.06. The van der Waals surface area contributed by atoms with Crippen molar-refractivity contribution in [1.82, 2.24) is 15.4 Å². The molecule has 1 aliphatic rings. The van der Waals surface area contributed by atoms with E-state index in [0.717, 1.165) is 18.7 Å². The summed E-state index contributed by atoms with van der Waals surface area (Å²) in [6, 6.07) is 9.86. The number of rotatable bonds is 5. The van der Waals surface area contributed by atoms with Crippen LogP contribution in [0.25, 0.3) is 0 Å². The average molecular weight is 261 g/mol. The maximum atomic E-state index is 11.9. The maximum Gasteiger partial charge on any atom is 0.473 e. The topological polar surface area (TPSA) is 53.6 Å². The second kappa shape index (κ2) is 6.70. The quantitative estimate of drug-likeness (QED) is 0.753. The van der Waals surface area contributed by atoms with E-state index in [1.807, 2.05) is 30.3 Å². The van der Waals surface area contributed by atoms with Gasteiger partial charge in [0.15, 0.2) is 0 Å². The van der Waals surface area contributed by atoms with Crippen LogP contribution in [-0.2, 0) is 9.45 Å². The van der Waals surface area contributed by atoms with E-state index in [2.05, 4.69) is 10.5 Å². The van der Waals surface area contributed by atoms with Gasteiger partial charge in [-0.2, -0.15) is 0 Å². The van der Waals surface area contributed by atoms with Crippen LogP contribution in [-0.4, -0.2) is 45.2 Å². The molecule has 2 N–H and O–H groups in total. The van der Waals surface area contributed by atoms with Gasteiger partial charge >= 0.3 is 7.19 Å². The van der Waals surface area contributed by atoms with E-state index in [1.54, 1.807) is 19.0 Å². The number of carbonyl (C=O) groups excluding carboxylic acids is 1. The molecule has 1 aromatic carbocycles. The molecule has 0 bridgehead atoms. The summed E-state index contributed by atoms with van der Waals surface area (Å²) in [6.07, 6.45) is 0.107. The molecule has 1 unspecified atom stereocenters. The molecule has 0 aliphatic carbocycles. The van der Waals surface area contributed by atoms with E-state index in [9.17, 15) is 4.79 Å². The lowest BCUT2D eigenvalue weighted by atomic mass is 10.00. The molecule has 1 aliphatic heterocycles. The van der Waals surface area contributed by atoms with Gasteiger partial charge in [0.2, 0.25) is 5.91 Å². The highest BCUT2D eigenvalue weighted by Crippen LogP contribution is 2.22. The molecule has 102 valence electrons. The van der Waals surface area contributed by atoms with Crippen LogP contribution in [0, 0.1) is 0 Å². The normalized spacial score (nSPS) is 16.4. The van der Waals surface area contributed by atoms with Crippen molar-refractivity contribution in [3.8, 4) is 0 Å². The Hall–Kier alpha value is -1.37. The van der Waals surface area contributed by atoms with Crippen LogP contribution >= 0.6 is 0 Å². The predicted molar refractivity (Wildman–Crippen MR) is 75.3 cm³/mol. The first-order valence-electron chi connectivity index (χ1n) is 6.54. The molecule has 1 heterocycles. The van der Waals surface area contributed by atoms with Crippen LogP contribution in [0.5, 0.6) is 0 Å². The van der Waals surface area contributed by atoms with Crippen LogP contribution in [0.3, 0.4) is 0 Å². The minimum Gasteiger partial charge on any atom is -0.401 e. The van der Waals surface area contributed by atoms with Gasteiger partial charge < -0.3 is 20.0 Å². The van der Waals surface area contributed by atoms with Gasteiger partial charge in [0, 0.05) is 14.1 Å². The molecular weight excluding hydrogens is 241 g/mol. The van der Waals surface area contributed by atoms with Crippen molar-refractivity contribution in [1.29, 1.82) is 0 Å². The minimum atomic E-state index is -0.237. The molecule has 0 aromatic heterocycles. The summed E-state index contributed by atoms with van der Waals surface area (Å²) >= 11 is 0. The van der Waals surface area contributed by atoms with Gasteiger partial charge in [-0.05, 0) is 18.7 Å². The summed E-state index contributed by atoms with van der Waals surface area (Å²) in [6.45, 7) is 1.77. The van der Waals surface area contributed by atoms with Crippen molar-refractivity contribution in [2.45, 2.75) is 12.5 Å². The number of carbonyl (C=O) groups is 1. The SMILES string of the molecule is CN(C)C(=O)CC(OB1NCCN1)c1ccccc1. The monoisotopic (exact) mass is 261 g/mol. The first-order chi connectivity index (χ1) is 9.16. The van der Waals surface area contributed by atoms with E-state index in [0.29, 0.717) is 6.42 Å². The lowest BCUT2D eigenvalue weighted by Gasteiger charge is -2.22. The highest BCUT2D eigenvalue weighted by atomic mass is 16.5. The van der Waals surface area contributed by atoms with Crippen molar-refractivity contribution in [3.05, 3.63) is 35.9 Å². The molecule has 5 nitrogen and oxygen atoms in total. The second-order valence-electron chi connectivity index (χ2n) is 4.82. The molecule has 1 saturated heterocycles. The highest BCUT2D eigenvalue weighted by molar-refractivity contribution is 6.46. The molecular formula is C13H20BN3O2. The fourth-order valence-corrected chi connectivity index (χ4v) is 1.99. The maximum absolute atomic E-state index is 11.9. The standard InChI is InChI=1S/C13H20BN3O2/c1-17(2)13(18)10-12(11-6-4-3-5-7-11)19-14-15-8-9-16-14/h3-7,12,15-16H,8-10H2,1-2H3. The zero-order chi connectivity index (χ0) is 13.7. The Morgan fingerprint density at radius 1 is 1.32 bits per heavy atom. The zero-order valence-corrected chi connectivity index (χ0v) is 11.4. The number of hydrogen-bond donors (Lipinski definition) is 2. The third-order valence-electron chi connectivity index (χ3n) is 3.11. The van der Waals surface area contributed by atoms with Crippen molar-refractivity contribution in [2.75, 3.05) is 27.2 Å². The summed E-state index contributed by atoms with van der Waals surface area (Å²) in [5.41, 5.74) is 1.02. The fraction of sp³-hybridized carbons (Fsp3) is 0.462. The second-order valence-corrected chi connectivity index (χ2v) is 4.82. The fourth-order valence-electron chi connectivity index (χ4n) is 1.99. The predicted octanol–water partition coefficient (Wildman–Crippen LogP) is 0.400. The Morgan fingerprint density at radius 3 is 2.53 bits per heavy atom. The molecule has 0 radical (unpaired) electrons. The minimum absolute atomic E-state index is 0.0619. The van der Waals surface area contributed by atoms with Crippen molar-refractivity contribution < 1.29 is 9.45 Å². The first-order valence-corrected chi connectivity index (χ1v) is 6.54. The number of nitrogens with zero attached hydrogens (tertiary/aromatic N) is 1. The molecule has 1 fully saturated rings. The molecule has 0 saturated carbocycles.